The lowest BCUT2D eigenvalue weighted by molar-refractivity contribution is -0.201. The molecule has 64 valence electrons. The van der Waals surface area contributed by atoms with Gasteiger partial charge in [-0.15, -0.1) is 0 Å². The van der Waals surface area contributed by atoms with Gasteiger partial charge in [0.25, 0.3) is 0 Å². The molecule has 11 heavy (non-hydrogen) atoms. The minimum Gasteiger partial charge on any atom is -0.450 e. The molecule has 0 amide bonds. The molecule has 0 aliphatic rings. The van der Waals surface area contributed by atoms with Crippen LogP contribution in [0.1, 0.15) is 0 Å². The molecule has 0 aromatic rings. The van der Waals surface area contributed by atoms with Gasteiger partial charge in [0.1, 0.15) is 13.2 Å². The molecule has 0 unspecified atom stereocenters. The number of hydrogen-bond donors (Lipinski definition) is 1. The van der Waals surface area contributed by atoms with Gasteiger partial charge in [-0.2, -0.15) is 5.26 Å². The normalized spacial score (nSPS) is 8.55. The summed E-state index contributed by atoms with van der Waals surface area (Å²) in [5.74, 6) is 0. The fourth-order valence-corrected chi connectivity index (χ4v) is 0.350. The second-order valence-electron chi connectivity index (χ2n) is 1.28. The molecular weight excluding hydrogens is 179 g/mol. The van der Waals surface area contributed by atoms with E-state index in [0.717, 1.165) is 0 Å². The maximum absolute atomic E-state index is 9.99. The molecular formula is C4H5ClO6. The van der Waals surface area contributed by atoms with E-state index in [-0.39, 0.29) is 13.2 Å². The molecule has 0 rings (SSSR count). The van der Waals surface area contributed by atoms with Gasteiger partial charge in [0, 0.05) is 11.6 Å². The largest absolute Gasteiger partial charge is 0.540 e. The summed E-state index contributed by atoms with van der Waals surface area (Å²) in [7, 11) is 0. The predicted octanol–water partition coefficient (Wildman–Crippen LogP) is 0.988. The van der Waals surface area contributed by atoms with E-state index in [2.05, 4.69) is 14.4 Å². The lowest BCUT2D eigenvalue weighted by atomic mass is 10.8. The Morgan fingerprint density at radius 1 is 1.27 bits per heavy atom. The summed E-state index contributed by atoms with van der Waals surface area (Å²) >= 11 is 4.74. The zero-order valence-electron chi connectivity index (χ0n) is 5.28. The monoisotopic (exact) mass is 184 g/mol. The highest BCUT2D eigenvalue weighted by atomic mass is 35.5. The molecule has 0 aliphatic heterocycles. The summed E-state index contributed by atoms with van der Waals surface area (Å²) in [4.78, 5) is 23.0. The van der Waals surface area contributed by atoms with Crippen LogP contribution in [0.5, 0.6) is 0 Å². The van der Waals surface area contributed by atoms with Crippen molar-refractivity contribution in [1.82, 2.24) is 0 Å². The van der Waals surface area contributed by atoms with E-state index in [1.807, 2.05) is 0 Å². The summed E-state index contributed by atoms with van der Waals surface area (Å²) in [5.41, 5.74) is -0.994. The number of carbonyl (C=O) groups excluding carboxylic acids is 2. The zero-order valence-corrected chi connectivity index (χ0v) is 6.04. The molecule has 7 heteroatoms. The van der Waals surface area contributed by atoms with Crippen molar-refractivity contribution in [2.45, 2.75) is 0 Å². The average molecular weight is 185 g/mol. The van der Waals surface area contributed by atoms with Crippen molar-refractivity contribution in [2.24, 2.45) is 0 Å². The topological polar surface area (TPSA) is 82.1 Å². The van der Waals surface area contributed by atoms with E-state index in [1.165, 1.54) is 0 Å². The van der Waals surface area contributed by atoms with Crippen LogP contribution in [-0.4, -0.2) is 30.1 Å². The minimum absolute atomic E-state index is 0.183. The molecule has 0 saturated heterocycles. The number of halogens is 1. The molecule has 0 bridgehead atoms. The molecule has 0 heterocycles. The fraction of sp³-hybridized carbons (Fsp3) is 0.500. The first-order valence-corrected chi connectivity index (χ1v) is 2.85. The highest BCUT2D eigenvalue weighted by molar-refractivity contribution is 6.61. The van der Waals surface area contributed by atoms with Crippen LogP contribution in [0, 0.1) is 0 Å². The Labute approximate surface area is 66.5 Å². The summed E-state index contributed by atoms with van der Waals surface area (Å²) in [5, 5.41) is 7.63. The van der Waals surface area contributed by atoms with Crippen molar-refractivity contribution < 1.29 is 29.2 Å². The van der Waals surface area contributed by atoms with Crippen LogP contribution in [0.15, 0.2) is 0 Å². The Bertz CT molecular complexity index is 146. The molecule has 0 fully saturated rings. The van der Waals surface area contributed by atoms with Gasteiger partial charge in [-0.1, -0.05) is 0 Å². The molecule has 0 spiro atoms. The third-order valence-corrected chi connectivity index (χ3v) is 0.702. The highest BCUT2D eigenvalue weighted by Crippen LogP contribution is 1.87. The Morgan fingerprint density at radius 3 is 2.27 bits per heavy atom. The van der Waals surface area contributed by atoms with Gasteiger partial charge >= 0.3 is 11.6 Å². The van der Waals surface area contributed by atoms with Crippen LogP contribution in [0.3, 0.4) is 0 Å². The SMILES string of the molecule is O=C(Cl)OCCOC(=O)OO. The van der Waals surface area contributed by atoms with Crippen LogP contribution in [0.25, 0.3) is 0 Å². The van der Waals surface area contributed by atoms with E-state index in [1.54, 1.807) is 0 Å². The maximum atomic E-state index is 9.99. The van der Waals surface area contributed by atoms with Gasteiger partial charge in [-0.3, -0.25) is 4.89 Å². The van der Waals surface area contributed by atoms with Crippen molar-refractivity contribution in [3.05, 3.63) is 0 Å². The van der Waals surface area contributed by atoms with Gasteiger partial charge in [0.05, 0.1) is 0 Å². The molecule has 6 nitrogen and oxygen atoms in total. The van der Waals surface area contributed by atoms with Crippen LogP contribution < -0.4 is 0 Å². The second-order valence-corrected chi connectivity index (χ2v) is 1.58. The van der Waals surface area contributed by atoms with E-state index >= 15 is 0 Å². The van der Waals surface area contributed by atoms with E-state index in [4.69, 9.17) is 16.9 Å². The lowest BCUT2D eigenvalue weighted by Gasteiger charge is -1.99. The quantitative estimate of drug-likeness (QED) is 0.232. The Kier molecular flexibility index (Phi) is 5.22. The fourth-order valence-electron chi connectivity index (χ4n) is 0.273. The maximum Gasteiger partial charge on any atom is 0.540 e. The molecule has 1 N–H and O–H groups in total. The van der Waals surface area contributed by atoms with Crippen molar-refractivity contribution in [3.63, 3.8) is 0 Å². The Morgan fingerprint density at radius 2 is 1.82 bits per heavy atom. The molecule has 0 aliphatic carbocycles. The van der Waals surface area contributed by atoms with Crippen LogP contribution in [-0.2, 0) is 14.4 Å². The first-order valence-electron chi connectivity index (χ1n) is 2.47. The summed E-state index contributed by atoms with van der Waals surface area (Å²) in [6.45, 7) is -0.407. The molecule has 0 aromatic carbocycles. The van der Waals surface area contributed by atoms with Crippen molar-refractivity contribution in [1.29, 1.82) is 0 Å². The lowest BCUT2D eigenvalue weighted by Crippen LogP contribution is -2.11. The van der Waals surface area contributed by atoms with E-state index in [9.17, 15) is 9.59 Å². The van der Waals surface area contributed by atoms with Gasteiger partial charge in [-0.25, -0.2) is 9.59 Å². The first-order chi connectivity index (χ1) is 5.16. The number of rotatable bonds is 3. The molecule has 0 atom stereocenters. The summed E-state index contributed by atoms with van der Waals surface area (Å²) in [6.07, 6.45) is -1.27. The number of hydrogen-bond acceptors (Lipinski definition) is 6. The number of carbonyl (C=O) groups is 2. The summed E-state index contributed by atoms with van der Waals surface area (Å²) in [6, 6.07) is 0. The van der Waals surface area contributed by atoms with Crippen LogP contribution in [0.4, 0.5) is 9.59 Å². The summed E-state index contributed by atoms with van der Waals surface area (Å²) < 4.78 is 8.24. The van der Waals surface area contributed by atoms with E-state index in [0.29, 0.717) is 0 Å². The minimum atomic E-state index is -1.27. The second kappa shape index (κ2) is 5.75. The third-order valence-electron chi connectivity index (χ3n) is 0.593. The third kappa shape index (κ3) is 6.88. The number of ether oxygens (including phenoxy) is 2. The van der Waals surface area contributed by atoms with Gasteiger partial charge in [-0.05, 0) is 0 Å². The predicted molar refractivity (Wildman–Crippen MR) is 32.3 cm³/mol. The van der Waals surface area contributed by atoms with Crippen molar-refractivity contribution in [2.75, 3.05) is 13.2 Å². The van der Waals surface area contributed by atoms with Crippen molar-refractivity contribution in [3.8, 4) is 0 Å². The highest BCUT2D eigenvalue weighted by Gasteiger charge is 2.02. The van der Waals surface area contributed by atoms with Crippen molar-refractivity contribution >= 4 is 23.2 Å². The first kappa shape index (κ1) is 9.99. The van der Waals surface area contributed by atoms with Gasteiger partial charge < -0.3 is 9.47 Å². The Hall–Kier alpha value is -1.01. The van der Waals surface area contributed by atoms with Gasteiger partial charge in [0.2, 0.25) is 0 Å². The smallest absolute Gasteiger partial charge is 0.450 e. The average Bonchev–Trinajstić information content (AvgIpc) is 1.97. The van der Waals surface area contributed by atoms with Crippen LogP contribution in [0.2, 0.25) is 0 Å². The van der Waals surface area contributed by atoms with Crippen LogP contribution >= 0.6 is 11.6 Å². The van der Waals surface area contributed by atoms with E-state index < -0.39 is 11.6 Å². The Balaban J connectivity index is 3.14. The molecule has 0 saturated carbocycles. The molecule has 0 aromatic heterocycles. The molecule has 0 radical (unpaired) electrons. The standard InChI is InChI=1S/C4H5ClO6/c5-3(6)9-1-2-10-4(7)11-8/h8H,1-2H2. The van der Waals surface area contributed by atoms with Gasteiger partial charge in [0.15, 0.2) is 0 Å². The zero-order chi connectivity index (χ0) is 8.69.